The maximum absolute atomic E-state index is 12.0. The van der Waals surface area contributed by atoms with E-state index in [2.05, 4.69) is 55.6 Å². The minimum Gasteiger partial charge on any atom is -0.443 e. The molecular formula is C22H30ClN3O5S3. The quantitative estimate of drug-likeness (QED) is 0.291. The molecular weight excluding hydrogens is 518 g/mol. The van der Waals surface area contributed by atoms with Crippen LogP contribution in [0.15, 0.2) is 64.2 Å². The zero-order valence-corrected chi connectivity index (χ0v) is 21.6. The van der Waals surface area contributed by atoms with Gasteiger partial charge in [0, 0.05) is 22.4 Å². The van der Waals surface area contributed by atoms with E-state index in [0.29, 0.717) is 22.0 Å². The average Bonchev–Trinajstić information content (AvgIpc) is 3.17. The van der Waals surface area contributed by atoms with Gasteiger partial charge in [0.25, 0.3) is 10.5 Å². The van der Waals surface area contributed by atoms with Crippen LogP contribution in [0.4, 0.5) is 9.59 Å². The van der Waals surface area contributed by atoms with E-state index in [-0.39, 0.29) is 12.3 Å². The first-order chi connectivity index (χ1) is 15.3. The van der Waals surface area contributed by atoms with Gasteiger partial charge in [-0.25, -0.2) is 13.4 Å². The summed E-state index contributed by atoms with van der Waals surface area (Å²) in [5.41, 5.74) is 10.5. The predicted molar refractivity (Wildman–Crippen MR) is 145 cm³/mol. The first-order valence-electron chi connectivity index (χ1n) is 9.30. The van der Waals surface area contributed by atoms with Gasteiger partial charge in [0.2, 0.25) is 0 Å². The van der Waals surface area contributed by atoms with Crippen molar-refractivity contribution in [3.63, 3.8) is 0 Å². The number of primary amides is 2. The lowest BCUT2D eigenvalue weighted by Crippen LogP contribution is -2.00. The fourth-order valence-electron chi connectivity index (χ4n) is 2.23. The molecule has 4 N–H and O–H groups in total. The summed E-state index contributed by atoms with van der Waals surface area (Å²) in [6.45, 7) is 4.25. The van der Waals surface area contributed by atoms with Gasteiger partial charge in [-0.1, -0.05) is 82.8 Å². The standard InChI is InChI=1S/C16H12ClNO3S.C3H8.2CH3NOS.CH4/c1-22(19,20)14-5-3-2-4-13(14)15-16(21-10-18-15)11-6-8-12(17)9-7-11;1-3-2;2*2-1(3)4;/h2-10H,1H3;3H2,1-2H3;2*(H3,2,3,4);1H4. The Bertz CT molecular complexity index is 1110. The Hall–Kier alpha value is -2.47. The van der Waals surface area contributed by atoms with E-state index in [9.17, 15) is 8.42 Å². The highest BCUT2D eigenvalue weighted by Gasteiger charge is 2.20. The fraction of sp³-hybridized carbons (Fsp3) is 0.227. The van der Waals surface area contributed by atoms with Crippen molar-refractivity contribution in [2.24, 2.45) is 11.5 Å². The summed E-state index contributed by atoms with van der Waals surface area (Å²) in [4.78, 5) is 22.6. The molecule has 1 aromatic heterocycles. The van der Waals surface area contributed by atoms with Crippen LogP contribution in [-0.4, -0.2) is 30.1 Å². The number of amides is 2. The average molecular weight is 548 g/mol. The normalized spacial score (nSPS) is 9.47. The number of rotatable bonds is 3. The Morgan fingerprint density at radius 1 is 1.00 bits per heavy atom. The molecule has 0 aliphatic carbocycles. The van der Waals surface area contributed by atoms with Gasteiger partial charge in [-0.2, -0.15) is 0 Å². The Balaban J connectivity index is 0. The molecule has 2 aromatic carbocycles. The van der Waals surface area contributed by atoms with E-state index in [1.165, 1.54) is 19.1 Å². The van der Waals surface area contributed by atoms with Gasteiger partial charge >= 0.3 is 0 Å². The molecule has 3 aromatic rings. The molecule has 8 nitrogen and oxygen atoms in total. The van der Waals surface area contributed by atoms with Crippen LogP contribution < -0.4 is 11.5 Å². The van der Waals surface area contributed by atoms with Gasteiger partial charge in [0.1, 0.15) is 5.69 Å². The lowest BCUT2D eigenvalue weighted by Gasteiger charge is -2.07. The van der Waals surface area contributed by atoms with Crippen molar-refractivity contribution in [2.45, 2.75) is 32.6 Å². The third kappa shape index (κ3) is 13.3. The molecule has 1 heterocycles. The summed E-state index contributed by atoms with van der Waals surface area (Å²) in [6.07, 6.45) is 3.73. The molecule has 0 unspecified atom stereocenters. The van der Waals surface area contributed by atoms with Gasteiger partial charge in [-0.3, -0.25) is 9.59 Å². The Morgan fingerprint density at radius 3 is 1.88 bits per heavy atom. The van der Waals surface area contributed by atoms with E-state index in [0.717, 1.165) is 5.56 Å². The van der Waals surface area contributed by atoms with Crippen molar-refractivity contribution >= 4 is 57.2 Å². The molecule has 34 heavy (non-hydrogen) atoms. The highest BCUT2D eigenvalue weighted by Crippen LogP contribution is 2.34. The van der Waals surface area contributed by atoms with E-state index in [1.807, 2.05) is 0 Å². The smallest absolute Gasteiger partial charge is 0.273 e. The number of carbonyl (C=O) groups excluding carboxylic acids is 2. The molecule has 0 atom stereocenters. The van der Waals surface area contributed by atoms with E-state index in [1.54, 1.807) is 48.5 Å². The second kappa shape index (κ2) is 17.0. The predicted octanol–water partition coefficient (Wildman–Crippen LogP) is 6.11. The molecule has 0 radical (unpaired) electrons. The number of thiol groups is 2. The molecule has 0 saturated carbocycles. The number of halogens is 1. The molecule has 12 heteroatoms. The molecule has 2 amide bonds. The SMILES string of the molecule is C.CCC.CS(=O)(=O)c1ccccc1-c1ncoc1-c1ccc(Cl)cc1.NC(=O)S.NC(=O)S. The zero-order chi connectivity index (χ0) is 25.6. The summed E-state index contributed by atoms with van der Waals surface area (Å²) in [7, 11) is -3.37. The fourth-order valence-corrected chi connectivity index (χ4v) is 3.25. The van der Waals surface area contributed by atoms with Crippen molar-refractivity contribution in [3.05, 3.63) is 59.9 Å². The van der Waals surface area contributed by atoms with E-state index >= 15 is 0 Å². The number of carbonyl (C=O) groups is 2. The number of nitrogens with two attached hydrogens (primary N) is 2. The van der Waals surface area contributed by atoms with Crippen LogP contribution in [0.2, 0.25) is 5.02 Å². The monoisotopic (exact) mass is 547 g/mol. The Labute approximate surface area is 216 Å². The lowest BCUT2D eigenvalue weighted by atomic mass is 10.1. The topological polar surface area (TPSA) is 146 Å². The van der Waals surface area contributed by atoms with Gasteiger partial charge in [-0.15, -0.1) is 0 Å². The summed E-state index contributed by atoms with van der Waals surface area (Å²) >= 11 is 12.1. The number of hydrogen-bond acceptors (Lipinski definition) is 6. The number of oxazole rings is 1. The number of benzene rings is 2. The molecule has 0 aliphatic heterocycles. The van der Waals surface area contributed by atoms with Crippen molar-refractivity contribution in [2.75, 3.05) is 6.26 Å². The zero-order valence-electron chi connectivity index (χ0n) is 18.2. The number of hydrogen-bond donors (Lipinski definition) is 4. The summed E-state index contributed by atoms with van der Waals surface area (Å²) in [5.74, 6) is 0.507. The molecule has 0 fully saturated rings. The summed E-state index contributed by atoms with van der Waals surface area (Å²) in [5, 5.41) is -0.665. The maximum Gasteiger partial charge on any atom is 0.273 e. The first-order valence-corrected chi connectivity index (χ1v) is 12.5. The lowest BCUT2D eigenvalue weighted by molar-refractivity contribution is 0.266. The molecule has 3 rings (SSSR count). The Morgan fingerprint density at radius 2 is 1.44 bits per heavy atom. The van der Waals surface area contributed by atoms with Gasteiger partial charge in [0.15, 0.2) is 22.0 Å². The number of sulfone groups is 1. The van der Waals surface area contributed by atoms with Crippen LogP contribution in [0.5, 0.6) is 0 Å². The summed E-state index contributed by atoms with van der Waals surface area (Å²) < 4.78 is 29.4. The van der Waals surface area contributed by atoms with Crippen LogP contribution >= 0.6 is 36.9 Å². The van der Waals surface area contributed by atoms with Gasteiger partial charge < -0.3 is 15.9 Å². The van der Waals surface area contributed by atoms with E-state index < -0.39 is 20.3 Å². The van der Waals surface area contributed by atoms with Crippen molar-refractivity contribution in [3.8, 4) is 22.6 Å². The molecule has 0 saturated heterocycles. The highest BCUT2D eigenvalue weighted by molar-refractivity contribution is 7.96. The number of nitrogens with zero attached hydrogens (tertiary/aromatic N) is 1. The second-order valence-electron chi connectivity index (χ2n) is 6.19. The van der Waals surface area contributed by atoms with Crippen LogP contribution in [0.25, 0.3) is 22.6 Å². The second-order valence-corrected chi connectivity index (χ2v) is 9.49. The van der Waals surface area contributed by atoms with Crippen LogP contribution in [0.3, 0.4) is 0 Å². The van der Waals surface area contributed by atoms with Crippen molar-refractivity contribution in [1.29, 1.82) is 0 Å². The van der Waals surface area contributed by atoms with Crippen LogP contribution in [-0.2, 0) is 9.84 Å². The molecule has 0 spiro atoms. The highest BCUT2D eigenvalue weighted by atomic mass is 35.5. The van der Waals surface area contributed by atoms with Crippen molar-refractivity contribution in [1.82, 2.24) is 4.98 Å². The van der Waals surface area contributed by atoms with Gasteiger partial charge in [-0.05, 0) is 30.3 Å². The molecule has 0 bridgehead atoms. The largest absolute Gasteiger partial charge is 0.443 e. The summed E-state index contributed by atoms with van der Waals surface area (Å²) in [6, 6.07) is 13.8. The number of aromatic nitrogens is 1. The molecule has 0 aliphatic rings. The maximum atomic E-state index is 12.0. The minimum absolute atomic E-state index is 0. The van der Waals surface area contributed by atoms with Crippen molar-refractivity contribution < 1.29 is 22.4 Å². The minimum atomic E-state index is -3.37. The third-order valence-electron chi connectivity index (χ3n) is 3.22. The van der Waals surface area contributed by atoms with Crippen LogP contribution in [0, 0.1) is 0 Å². The third-order valence-corrected chi connectivity index (χ3v) is 4.62. The van der Waals surface area contributed by atoms with Crippen LogP contribution in [0.1, 0.15) is 27.7 Å². The van der Waals surface area contributed by atoms with Gasteiger partial charge in [0.05, 0.1) is 4.90 Å². The Kier molecular flexibility index (Phi) is 16.9. The first kappa shape index (κ1) is 33.7. The molecule has 188 valence electrons. The van der Waals surface area contributed by atoms with E-state index in [4.69, 9.17) is 25.6 Å².